The van der Waals surface area contributed by atoms with Crippen LogP contribution >= 0.6 is 0 Å². The molecule has 1 atom stereocenters. The van der Waals surface area contributed by atoms with Crippen molar-refractivity contribution in [1.82, 2.24) is 10.7 Å². The summed E-state index contributed by atoms with van der Waals surface area (Å²) < 4.78 is 44.6. The van der Waals surface area contributed by atoms with E-state index >= 15 is 0 Å². The van der Waals surface area contributed by atoms with Crippen molar-refractivity contribution < 1.29 is 32.2 Å². The molecule has 4 rings (SSSR count). The molecule has 3 aromatic rings. The summed E-state index contributed by atoms with van der Waals surface area (Å²) in [5, 5.41) is 6.78. The number of rotatable bonds is 14. The van der Waals surface area contributed by atoms with Gasteiger partial charge in [0.25, 0.3) is 21.8 Å². The second-order valence-electron chi connectivity index (χ2n) is 9.84. The second-order valence-corrected chi connectivity index (χ2v) is 11.7. The van der Waals surface area contributed by atoms with Gasteiger partial charge in [-0.1, -0.05) is 17.7 Å². The van der Waals surface area contributed by atoms with E-state index in [1.807, 2.05) is 13.8 Å². The lowest BCUT2D eigenvalue weighted by Crippen LogP contribution is -2.39. The lowest BCUT2D eigenvalue weighted by Gasteiger charge is -2.24. The first kappa shape index (κ1) is 31.5. The summed E-state index contributed by atoms with van der Waals surface area (Å²) in [5.74, 6) is 0.227. The molecule has 0 aliphatic carbocycles. The molecule has 1 aliphatic rings. The number of benzene rings is 3. The molecule has 0 aromatic heterocycles. The highest BCUT2D eigenvalue weighted by atomic mass is 32.2. The number of hydrogen-bond donors (Lipinski definition) is 2. The van der Waals surface area contributed by atoms with Crippen molar-refractivity contribution in [2.24, 2.45) is 5.10 Å². The third-order valence-electron chi connectivity index (χ3n) is 6.54. The molecule has 228 valence electrons. The number of aryl methyl sites for hydroxylation is 1. The first-order valence-electron chi connectivity index (χ1n) is 14.0. The highest BCUT2D eigenvalue weighted by molar-refractivity contribution is 7.92. The van der Waals surface area contributed by atoms with Gasteiger partial charge in [-0.25, -0.2) is 13.8 Å². The molecule has 2 N–H and O–H groups in total. The lowest BCUT2D eigenvalue weighted by molar-refractivity contribution is -0.123. The van der Waals surface area contributed by atoms with Crippen LogP contribution in [0.4, 0.5) is 5.69 Å². The summed E-state index contributed by atoms with van der Waals surface area (Å²) in [6.45, 7) is 4.77. The van der Waals surface area contributed by atoms with E-state index < -0.39 is 22.5 Å². The molecular formula is C31H36N4O7S. The third-order valence-corrected chi connectivity index (χ3v) is 8.32. The predicted octanol–water partition coefficient (Wildman–Crippen LogP) is 3.41. The Kier molecular flexibility index (Phi) is 11.1. The molecule has 0 bridgehead atoms. The number of nitrogens with one attached hydrogen (secondary N) is 2. The average Bonchev–Trinajstić information content (AvgIpc) is 3.53. The van der Waals surface area contributed by atoms with Crippen molar-refractivity contribution >= 4 is 33.7 Å². The highest BCUT2D eigenvalue weighted by Gasteiger charge is 2.27. The van der Waals surface area contributed by atoms with Gasteiger partial charge >= 0.3 is 0 Å². The quantitative estimate of drug-likeness (QED) is 0.212. The van der Waals surface area contributed by atoms with Crippen LogP contribution in [0.3, 0.4) is 0 Å². The zero-order chi connectivity index (χ0) is 30.7. The number of hydrazone groups is 1. The Morgan fingerprint density at radius 1 is 0.977 bits per heavy atom. The summed E-state index contributed by atoms with van der Waals surface area (Å²) in [4.78, 5) is 24.9. The average molecular weight is 609 g/mol. The molecule has 0 radical (unpaired) electrons. The van der Waals surface area contributed by atoms with Crippen LogP contribution in [-0.4, -0.2) is 65.5 Å². The molecule has 11 nitrogen and oxygen atoms in total. The van der Waals surface area contributed by atoms with Crippen LogP contribution in [0.25, 0.3) is 0 Å². The van der Waals surface area contributed by atoms with Gasteiger partial charge in [0, 0.05) is 13.2 Å². The Bertz CT molecular complexity index is 1490. The topological polar surface area (TPSA) is 136 Å². The van der Waals surface area contributed by atoms with Gasteiger partial charge in [-0.2, -0.15) is 5.10 Å². The van der Waals surface area contributed by atoms with E-state index in [9.17, 15) is 18.0 Å². The van der Waals surface area contributed by atoms with Crippen LogP contribution in [0.1, 0.15) is 30.9 Å². The van der Waals surface area contributed by atoms with E-state index in [2.05, 4.69) is 15.8 Å². The normalized spacial score (nSPS) is 14.8. The number of amides is 2. The van der Waals surface area contributed by atoms with Crippen molar-refractivity contribution in [2.75, 3.05) is 37.2 Å². The molecule has 12 heteroatoms. The predicted molar refractivity (Wildman–Crippen MR) is 163 cm³/mol. The fraction of sp³-hybridized carbons (Fsp3) is 0.323. The maximum absolute atomic E-state index is 13.5. The maximum atomic E-state index is 13.5. The minimum atomic E-state index is -4.06. The van der Waals surface area contributed by atoms with Gasteiger partial charge in [0.2, 0.25) is 0 Å². The molecule has 0 spiro atoms. The Balaban J connectivity index is 1.34. The molecule has 1 fully saturated rings. The number of sulfonamides is 1. The maximum Gasteiger partial charge on any atom is 0.264 e. The smallest absolute Gasteiger partial charge is 0.264 e. The molecule has 0 unspecified atom stereocenters. The minimum absolute atomic E-state index is 0.0610. The molecule has 0 saturated carbocycles. The SMILES string of the molecule is CCOc1ccc(N(CC(=O)N/N=C\c2ccc(OCC(=O)NC[C@@H]3CCCO3)cc2)S(=O)(=O)c2ccc(C)cc2)cc1. The number of carbonyl (C=O) groups is 2. The van der Waals surface area contributed by atoms with Gasteiger partial charge in [-0.3, -0.25) is 13.9 Å². The number of nitrogens with zero attached hydrogens (tertiary/aromatic N) is 2. The third kappa shape index (κ3) is 9.29. The number of anilines is 1. The molecule has 43 heavy (non-hydrogen) atoms. The van der Waals surface area contributed by atoms with Crippen molar-refractivity contribution in [3.05, 3.63) is 83.9 Å². The Morgan fingerprint density at radius 2 is 1.65 bits per heavy atom. The molecule has 3 aromatic carbocycles. The van der Waals surface area contributed by atoms with Crippen LogP contribution in [0, 0.1) is 6.92 Å². The first-order valence-corrected chi connectivity index (χ1v) is 15.4. The summed E-state index contributed by atoms with van der Waals surface area (Å²) in [6, 6.07) is 19.7. The van der Waals surface area contributed by atoms with Crippen molar-refractivity contribution in [3.8, 4) is 11.5 Å². The number of hydrogen-bond acceptors (Lipinski definition) is 8. The van der Waals surface area contributed by atoms with Crippen LogP contribution in [0.15, 0.2) is 82.8 Å². The number of carbonyl (C=O) groups excluding carboxylic acids is 2. The summed E-state index contributed by atoms with van der Waals surface area (Å²) in [5.41, 5.74) is 4.27. The minimum Gasteiger partial charge on any atom is -0.494 e. The van der Waals surface area contributed by atoms with Crippen LogP contribution < -0.4 is 24.5 Å². The lowest BCUT2D eigenvalue weighted by atomic mass is 10.2. The Morgan fingerprint density at radius 3 is 2.30 bits per heavy atom. The zero-order valence-electron chi connectivity index (χ0n) is 24.2. The molecule has 1 heterocycles. The summed E-state index contributed by atoms with van der Waals surface area (Å²) in [6.07, 6.45) is 3.44. The van der Waals surface area contributed by atoms with Gasteiger partial charge in [0.15, 0.2) is 6.61 Å². The van der Waals surface area contributed by atoms with Crippen LogP contribution in [0.5, 0.6) is 11.5 Å². The highest BCUT2D eigenvalue weighted by Crippen LogP contribution is 2.26. The van der Waals surface area contributed by atoms with E-state index in [4.69, 9.17) is 14.2 Å². The van der Waals surface area contributed by atoms with Gasteiger partial charge < -0.3 is 19.5 Å². The van der Waals surface area contributed by atoms with E-state index in [1.54, 1.807) is 60.7 Å². The molecule has 1 aliphatic heterocycles. The van der Waals surface area contributed by atoms with E-state index in [1.165, 1.54) is 18.3 Å². The molecule has 1 saturated heterocycles. The van der Waals surface area contributed by atoms with Gasteiger partial charge in [-0.15, -0.1) is 0 Å². The molecular weight excluding hydrogens is 572 g/mol. The van der Waals surface area contributed by atoms with E-state index in [-0.39, 0.29) is 23.5 Å². The van der Waals surface area contributed by atoms with Crippen molar-refractivity contribution in [1.29, 1.82) is 0 Å². The van der Waals surface area contributed by atoms with Crippen molar-refractivity contribution in [2.45, 2.75) is 37.7 Å². The molecule has 2 amide bonds. The standard InChI is InChI=1S/C31H36N4O7S/c1-3-40-26-14-10-25(11-15-26)35(43(38,39)29-16-6-23(2)7-17-29)21-30(36)34-33-19-24-8-12-27(13-9-24)42-22-31(37)32-20-28-5-4-18-41-28/h6-17,19,28H,3-5,18,20-22H2,1-2H3,(H,32,37)(H,34,36)/b33-19-/t28-/m0/s1. The Hall–Kier alpha value is -4.42. The summed E-state index contributed by atoms with van der Waals surface area (Å²) >= 11 is 0. The fourth-order valence-corrected chi connectivity index (χ4v) is 5.68. The monoisotopic (exact) mass is 608 g/mol. The zero-order valence-corrected chi connectivity index (χ0v) is 25.0. The van der Waals surface area contributed by atoms with Crippen LogP contribution in [-0.2, 0) is 24.3 Å². The van der Waals surface area contributed by atoms with Crippen LogP contribution in [0.2, 0.25) is 0 Å². The number of ether oxygens (including phenoxy) is 3. The second kappa shape index (κ2) is 15.2. The van der Waals surface area contributed by atoms with E-state index in [0.717, 1.165) is 29.3 Å². The largest absolute Gasteiger partial charge is 0.494 e. The van der Waals surface area contributed by atoms with Gasteiger partial charge in [0.1, 0.15) is 18.0 Å². The summed E-state index contributed by atoms with van der Waals surface area (Å²) in [7, 11) is -4.06. The fourth-order valence-electron chi connectivity index (χ4n) is 4.26. The van der Waals surface area contributed by atoms with Crippen molar-refractivity contribution in [3.63, 3.8) is 0 Å². The van der Waals surface area contributed by atoms with Gasteiger partial charge in [-0.05, 0) is 92.9 Å². The first-order chi connectivity index (χ1) is 20.7. The van der Waals surface area contributed by atoms with E-state index in [0.29, 0.717) is 35.9 Å². The van der Waals surface area contributed by atoms with Gasteiger partial charge in [0.05, 0.1) is 29.5 Å². The Labute approximate surface area is 251 Å².